The number of carbonyl (C=O) groups excluding carboxylic acids is 1. The molecule has 7 heteroatoms. The molecule has 0 spiro atoms. The maximum Gasteiger partial charge on any atom is 0.411 e. The maximum atomic E-state index is 12.0. The highest BCUT2D eigenvalue weighted by atomic mass is 16.6. The monoisotopic (exact) mass is 296 g/mol. The molecule has 1 atom stereocenters. The second kappa shape index (κ2) is 6.43. The predicted octanol–water partition coefficient (Wildman–Crippen LogP) is 2.08. The zero-order valence-electron chi connectivity index (χ0n) is 12.8. The van der Waals surface area contributed by atoms with Gasteiger partial charge in [0.05, 0.1) is 7.11 Å². The maximum absolute atomic E-state index is 12.0. The molecule has 1 rings (SSSR count). The summed E-state index contributed by atoms with van der Waals surface area (Å²) in [5.74, 6) is -0.807. The molecule has 1 N–H and O–H groups in total. The summed E-state index contributed by atoms with van der Waals surface area (Å²) in [6.45, 7) is 5.14. The second-order valence-electron chi connectivity index (χ2n) is 5.47. The minimum atomic E-state index is -1.18. The molecule has 0 aliphatic rings. The van der Waals surface area contributed by atoms with Gasteiger partial charge in [0.2, 0.25) is 5.88 Å². The summed E-state index contributed by atoms with van der Waals surface area (Å²) in [5.41, 5.74) is -0.344. The first kappa shape index (κ1) is 16.7. The minimum Gasteiger partial charge on any atom is -0.481 e. The van der Waals surface area contributed by atoms with Crippen molar-refractivity contribution in [3.05, 3.63) is 23.9 Å². The van der Waals surface area contributed by atoms with E-state index in [1.165, 1.54) is 26.4 Å². The molecule has 0 saturated heterocycles. The van der Waals surface area contributed by atoms with Crippen LogP contribution in [0.4, 0.5) is 4.79 Å². The van der Waals surface area contributed by atoms with E-state index in [1.54, 1.807) is 26.8 Å². The highest BCUT2D eigenvalue weighted by molar-refractivity contribution is 5.81. The van der Waals surface area contributed by atoms with E-state index in [9.17, 15) is 14.7 Å². The molecule has 0 fully saturated rings. The Labute approximate surface area is 123 Å². The summed E-state index contributed by atoms with van der Waals surface area (Å²) in [6, 6.07) is 1.90. The molecule has 1 unspecified atom stereocenters. The first-order chi connectivity index (χ1) is 9.65. The third kappa shape index (κ3) is 4.62. The highest BCUT2D eigenvalue weighted by Crippen LogP contribution is 2.22. The van der Waals surface area contributed by atoms with Crippen molar-refractivity contribution < 1.29 is 24.2 Å². The third-order valence-electron chi connectivity index (χ3n) is 2.59. The summed E-state index contributed by atoms with van der Waals surface area (Å²) in [5, 5.41) is 9.36. The number of ether oxygens (including phenoxy) is 2. The summed E-state index contributed by atoms with van der Waals surface area (Å²) >= 11 is 0. The van der Waals surface area contributed by atoms with Crippen molar-refractivity contribution in [3.8, 4) is 5.88 Å². The van der Waals surface area contributed by atoms with Crippen molar-refractivity contribution in [2.75, 3.05) is 14.2 Å². The fraction of sp³-hybridized carbons (Fsp3) is 0.500. The van der Waals surface area contributed by atoms with E-state index >= 15 is 0 Å². The normalized spacial score (nSPS) is 12.4. The summed E-state index contributed by atoms with van der Waals surface area (Å²) in [6.07, 6.45) is 0.643. The number of methoxy groups -OCH3 is 1. The summed E-state index contributed by atoms with van der Waals surface area (Å²) < 4.78 is 10.1. The Morgan fingerprint density at radius 2 is 1.95 bits per heavy atom. The van der Waals surface area contributed by atoms with Crippen molar-refractivity contribution in [2.45, 2.75) is 32.4 Å². The van der Waals surface area contributed by atoms with Gasteiger partial charge in [0.25, 0.3) is 0 Å². The number of rotatable bonds is 4. The van der Waals surface area contributed by atoms with Crippen molar-refractivity contribution in [3.63, 3.8) is 0 Å². The van der Waals surface area contributed by atoms with E-state index < -0.39 is 23.7 Å². The van der Waals surface area contributed by atoms with Gasteiger partial charge in [-0.15, -0.1) is 0 Å². The lowest BCUT2D eigenvalue weighted by Gasteiger charge is -2.28. The van der Waals surface area contributed by atoms with Crippen LogP contribution >= 0.6 is 0 Å². The van der Waals surface area contributed by atoms with Gasteiger partial charge in [-0.3, -0.25) is 4.90 Å². The lowest BCUT2D eigenvalue weighted by molar-refractivity contribution is -0.143. The van der Waals surface area contributed by atoms with Gasteiger partial charge < -0.3 is 14.6 Å². The molecule has 0 aliphatic heterocycles. The van der Waals surface area contributed by atoms with Crippen LogP contribution in [-0.4, -0.2) is 46.8 Å². The Hall–Kier alpha value is -2.31. The smallest absolute Gasteiger partial charge is 0.411 e. The molecule has 0 aliphatic carbocycles. The molecule has 0 aromatic carbocycles. The number of pyridine rings is 1. The standard InChI is InChI=1S/C14H20N2O5/c1-14(2,3)21-13(19)16(4)11(12(17)18)9-6-7-10(20-5)15-8-9/h6-8,11H,1-5H3,(H,17,18). The fourth-order valence-electron chi connectivity index (χ4n) is 1.65. The highest BCUT2D eigenvalue weighted by Gasteiger charge is 2.31. The Bertz CT molecular complexity index is 507. The first-order valence-electron chi connectivity index (χ1n) is 6.34. The van der Waals surface area contributed by atoms with Crippen LogP contribution in [0.3, 0.4) is 0 Å². The van der Waals surface area contributed by atoms with E-state index in [-0.39, 0.29) is 0 Å². The number of aromatic nitrogens is 1. The summed E-state index contributed by atoms with van der Waals surface area (Å²) in [4.78, 5) is 28.4. The molecule has 0 bridgehead atoms. The van der Waals surface area contributed by atoms with Crippen molar-refractivity contribution in [1.29, 1.82) is 0 Å². The number of carboxylic acids is 1. The van der Waals surface area contributed by atoms with E-state index in [1.807, 2.05) is 0 Å². The van der Waals surface area contributed by atoms with Gasteiger partial charge in [0.1, 0.15) is 5.60 Å². The molecule has 0 saturated carbocycles. The van der Waals surface area contributed by atoms with Gasteiger partial charge in [0, 0.05) is 24.9 Å². The number of aliphatic carboxylic acids is 1. The summed E-state index contributed by atoms with van der Waals surface area (Å²) in [7, 11) is 2.83. The molecule has 7 nitrogen and oxygen atoms in total. The minimum absolute atomic E-state index is 0.358. The van der Waals surface area contributed by atoms with Crippen LogP contribution in [0.1, 0.15) is 32.4 Å². The SMILES string of the molecule is COc1ccc(C(C(=O)O)N(C)C(=O)OC(C)(C)C)cn1. The van der Waals surface area contributed by atoms with Gasteiger partial charge in [-0.05, 0) is 26.8 Å². The average molecular weight is 296 g/mol. The molecule has 116 valence electrons. The average Bonchev–Trinajstić information content (AvgIpc) is 2.37. The van der Waals surface area contributed by atoms with Crippen molar-refractivity contribution in [1.82, 2.24) is 9.88 Å². The molecule has 0 radical (unpaired) electrons. The number of amides is 1. The van der Waals surface area contributed by atoms with Gasteiger partial charge in [-0.25, -0.2) is 14.6 Å². The lowest BCUT2D eigenvalue weighted by atomic mass is 10.1. The Morgan fingerprint density at radius 1 is 1.33 bits per heavy atom. The molecule has 1 amide bonds. The molecular formula is C14H20N2O5. The molecule has 1 aromatic heterocycles. The molecule has 1 aromatic rings. The number of hydrogen-bond acceptors (Lipinski definition) is 5. The lowest BCUT2D eigenvalue weighted by Crippen LogP contribution is -2.39. The Morgan fingerprint density at radius 3 is 2.33 bits per heavy atom. The molecule has 1 heterocycles. The van der Waals surface area contributed by atoms with Gasteiger partial charge in [0.15, 0.2) is 6.04 Å². The number of carboxylic acid groups (broad SMARTS) is 1. The quantitative estimate of drug-likeness (QED) is 0.915. The van der Waals surface area contributed by atoms with Crippen LogP contribution in [0.2, 0.25) is 0 Å². The second-order valence-corrected chi connectivity index (χ2v) is 5.47. The van der Waals surface area contributed by atoms with Crippen molar-refractivity contribution in [2.24, 2.45) is 0 Å². The third-order valence-corrected chi connectivity index (χ3v) is 2.59. The van der Waals surface area contributed by atoms with E-state index in [0.717, 1.165) is 4.90 Å². The van der Waals surface area contributed by atoms with Crippen LogP contribution in [-0.2, 0) is 9.53 Å². The number of nitrogens with zero attached hydrogens (tertiary/aromatic N) is 2. The molecule has 21 heavy (non-hydrogen) atoms. The topological polar surface area (TPSA) is 89.0 Å². The van der Waals surface area contributed by atoms with Crippen LogP contribution < -0.4 is 4.74 Å². The van der Waals surface area contributed by atoms with Crippen LogP contribution in [0.5, 0.6) is 5.88 Å². The number of hydrogen-bond donors (Lipinski definition) is 1. The van der Waals surface area contributed by atoms with Crippen LogP contribution in [0.25, 0.3) is 0 Å². The van der Waals surface area contributed by atoms with Gasteiger partial charge in [-0.1, -0.05) is 0 Å². The molecular weight excluding hydrogens is 276 g/mol. The number of likely N-dealkylation sites (N-methyl/N-ethyl adjacent to an activating group) is 1. The Kier molecular flexibility index (Phi) is 5.12. The van der Waals surface area contributed by atoms with Gasteiger partial charge >= 0.3 is 12.1 Å². The van der Waals surface area contributed by atoms with Gasteiger partial charge in [-0.2, -0.15) is 0 Å². The van der Waals surface area contributed by atoms with E-state index in [4.69, 9.17) is 9.47 Å². The predicted molar refractivity (Wildman–Crippen MR) is 75.2 cm³/mol. The van der Waals surface area contributed by atoms with Crippen molar-refractivity contribution >= 4 is 12.1 Å². The zero-order valence-corrected chi connectivity index (χ0v) is 12.8. The number of carbonyl (C=O) groups is 2. The van der Waals surface area contributed by atoms with E-state index in [0.29, 0.717) is 11.4 Å². The van der Waals surface area contributed by atoms with E-state index in [2.05, 4.69) is 4.98 Å². The fourth-order valence-corrected chi connectivity index (χ4v) is 1.65. The Balaban J connectivity index is 3.00. The first-order valence-corrected chi connectivity index (χ1v) is 6.34. The zero-order chi connectivity index (χ0) is 16.2. The van der Waals surface area contributed by atoms with Crippen LogP contribution in [0.15, 0.2) is 18.3 Å². The van der Waals surface area contributed by atoms with Crippen LogP contribution in [0, 0.1) is 0 Å². The largest absolute Gasteiger partial charge is 0.481 e.